The van der Waals surface area contributed by atoms with Gasteiger partial charge in [0.2, 0.25) is 0 Å². The van der Waals surface area contributed by atoms with Crippen molar-refractivity contribution in [1.29, 1.82) is 0 Å². The third-order valence-electron chi connectivity index (χ3n) is 4.57. The van der Waals surface area contributed by atoms with E-state index in [-0.39, 0.29) is 5.91 Å². The quantitative estimate of drug-likeness (QED) is 0.491. The molecule has 0 spiro atoms. The minimum absolute atomic E-state index is 0.126. The first-order chi connectivity index (χ1) is 14.2. The summed E-state index contributed by atoms with van der Waals surface area (Å²) >= 11 is 1.57. The minimum atomic E-state index is -0.126. The van der Waals surface area contributed by atoms with E-state index in [9.17, 15) is 4.79 Å². The summed E-state index contributed by atoms with van der Waals surface area (Å²) in [5, 5.41) is 9.69. The molecule has 0 radical (unpaired) electrons. The summed E-state index contributed by atoms with van der Waals surface area (Å²) in [7, 11) is 1.65. The SMILES string of the molecule is COc1cccc(CCNC(=O)c2cn(-c3ccccc3)nc2-c2cccs2)c1. The van der Waals surface area contributed by atoms with Crippen LogP contribution in [0.5, 0.6) is 5.75 Å². The van der Waals surface area contributed by atoms with E-state index in [1.807, 2.05) is 72.1 Å². The maximum Gasteiger partial charge on any atom is 0.255 e. The van der Waals surface area contributed by atoms with Crippen LogP contribution in [0.1, 0.15) is 15.9 Å². The van der Waals surface area contributed by atoms with Gasteiger partial charge in [-0.05, 0) is 47.7 Å². The van der Waals surface area contributed by atoms with Crippen LogP contribution in [0.3, 0.4) is 0 Å². The number of nitrogens with zero attached hydrogens (tertiary/aromatic N) is 2. The van der Waals surface area contributed by atoms with Crippen LogP contribution in [0.4, 0.5) is 0 Å². The molecule has 2 aromatic heterocycles. The Morgan fingerprint density at radius 2 is 1.97 bits per heavy atom. The lowest BCUT2D eigenvalue weighted by Crippen LogP contribution is -2.25. The van der Waals surface area contributed by atoms with Gasteiger partial charge in [-0.25, -0.2) is 4.68 Å². The number of carbonyl (C=O) groups is 1. The molecule has 0 saturated carbocycles. The maximum absolute atomic E-state index is 12.9. The molecule has 0 unspecified atom stereocenters. The van der Waals surface area contributed by atoms with Gasteiger partial charge in [-0.3, -0.25) is 4.79 Å². The van der Waals surface area contributed by atoms with E-state index in [1.165, 1.54) is 0 Å². The molecule has 4 rings (SSSR count). The van der Waals surface area contributed by atoms with Gasteiger partial charge in [0.25, 0.3) is 5.91 Å². The van der Waals surface area contributed by atoms with Crippen LogP contribution in [-0.2, 0) is 6.42 Å². The van der Waals surface area contributed by atoms with Gasteiger partial charge in [0.1, 0.15) is 11.4 Å². The summed E-state index contributed by atoms with van der Waals surface area (Å²) in [5.74, 6) is 0.691. The molecule has 0 saturated heterocycles. The summed E-state index contributed by atoms with van der Waals surface area (Å²) < 4.78 is 7.01. The largest absolute Gasteiger partial charge is 0.497 e. The minimum Gasteiger partial charge on any atom is -0.497 e. The third kappa shape index (κ3) is 4.38. The molecule has 6 heteroatoms. The summed E-state index contributed by atoms with van der Waals surface area (Å²) in [6.07, 6.45) is 2.52. The number of para-hydroxylation sites is 1. The second-order valence-electron chi connectivity index (χ2n) is 6.51. The zero-order valence-corrected chi connectivity index (χ0v) is 16.9. The lowest BCUT2D eigenvalue weighted by Gasteiger charge is -2.06. The molecule has 1 amide bonds. The standard InChI is InChI=1S/C23H21N3O2S/c1-28-19-10-5-7-17(15-19)12-13-24-23(27)20-16-26(18-8-3-2-4-9-18)25-22(20)21-11-6-14-29-21/h2-11,14-16H,12-13H2,1H3,(H,24,27). The Labute approximate surface area is 173 Å². The first kappa shape index (κ1) is 19.0. The predicted octanol–water partition coefficient (Wildman–Crippen LogP) is 4.58. The molecule has 0 aliphatic rings. The van der Waals surface area contributed by atoms with Crippen LogP contribution in [-0.4, -0.2) is 29.3 Å². The van der Waals surface area contributed by atoms with Crippen molar-refractivity contribution in [2.24, 2.45) is 0 Å². The molecule has 0 atom stereocenters. The highest BCUT2D eigenvalue weighted by atomic mass is 32.1. The fourth-order valence-corrected chi connectivity index (χ4v) is 3.82. The van der Waals surface area contributed by atoms with Crippen LogP contribution in [0.2, 0.25) is 0 Å². The van der Waals surface area contributed by atoms with Crippen LogP contribution >= 0.6 is 11.3 Å². The fourth-order valence-electron chi connectivity index (χ4n) is 3.09. The molecular formula is C23H21N3O2S. The van der Waals surface area contributed by atoms with Crippen LogP contribution in [0.15, 0.2) is 78.3 Å². The van der Waals surface area contributed by atoms with E-state index in [0.29, 0.717) is 17.8 Å². The van der Waals surface area contributed by atoms with Gasteiger partial charge in [0.15, 0.2) is 0 Å². The molecule has 1 N–H and O–H groups in total. The van der Waals surface area contributed by atoms with Crippen molar-refractivity contribution in [1.82, 2.24) is 15.1 Å². The molecule has 2 heterocycles. The molecule has 0 fully saturated rings. The Hall–Kier alpha value is -3.38. The average molecular weight is 404 g/mol. The average Bonchev–Trinajstić information content (AvgIpc) is 3.44. The molecule has 2 aromatic carbocycles. The lowest BCUT2D eigenvalue weighted by atomic mass is 10.1. The summed E-state index contributed by atoms with van der Waals surface area (Å²) in [5.41, 5.74) is 3.30. The van der Waals surface area contributed by atoms with Crippen LogP contribution in [0, 0.1) is 0 Å². The van der Waals surface area contributed by atoms with E-state index in [2.05, 4.69) is 10.4 Å². The first-order valence-corrected chi connectivity index (χ1v) is 10.2. The van der Waals surface area contributed by atoms with Gasteiger partial charge < -0.3 is 10.1 Å². The zero-order valence-electron chi connectivity index (χ0n) is 16.0. The molecule has 4 aromatic rings. The number of carbonyl (C=O) groups excluding carboxylic acids is 1. The van der Waals surface area contributed by atoms with Crippen molar-refractivity contribution in [2.45, 2.75) is 6.42 Å². The molecule has 0 aliphatic heterocycles. The number of methoxy groups -OCH3 is 1. The summed E-state index contributed by atoms with van der Waals surface area (Å²) in [6.45, 7) is 0.534. The van der Waals surface area contributed by atoms with E-state index < -0.39 is 0 Å². The molecule has 0 aliphatic carbocycles. The van der Waals surface area contributed by atoms with Gasteiger partial charge in [0, 0.05) is 12.7 Å². The van der Waals surface area contributed by atoms with Crippen LogP contribution < -0.4 is 10.1 Å². The van der Waals surface area contributed by atoms with E-state index in [0.717, 1.165) is 28.3 Å². The molecule has 0 bridgehead atoms. The van der Waals surface area contributed by atoms with Crippen molar-refractivity contribution in [3.8, 4) is 22.0 Å². The number of ether oxygens (including phenoxy) is 1. The topological polar surface area (TPSA) is 56.1 Å². The number of benzene rings is 2. The van der Waals surface area contributed by atoms with E-state index in [4.69, 9.17) is 4.74 Å². The van der Waals surface area contributed by atoms with Crippen molar-refractivity contribution < 1.29 is 9.53 Å². The Kier molecular flexibility index (Phi) is 5.72. The third-order valence-corrected chi connectivity index (χ3v) is 5.44. The Morgan fingerprint density at radius 1 is 1.10 bits per heavy atom. The second kappa shape index (κ2) is 8.75. The van der Waals surface area contributed by atoms with Gasteiger partial charge >= 0.3 is 0 Å². The number of hydrogen-bond donors (Lipinski definition) is 1. The summed E-state index contributed by atoms with van der Waals surface area (Å²) in [4.78, 5) is 13.9. The first-order valence-electron chi connectivity index (χ1n) is 9.34. The maximum atomic E-state index is 12.9. The second-order valence-corrected chi connectivity index (χ2v) is 7.45. The fraction of sp³-hybridized carbons (Fsp3) is 0.130. The number of thiophene rings is 1. The lowest BCUT2D eigenvalue weighted by molar-refractivity contribution is 0.0955. The van der Waals surface area contributed by atoms with E-state index in [1.54, 1.807) is 29.3 Å². The Morgan fingerprint density at radius 3 is 2.72 bits per heavy atom. The Bertz CT molecular complexity index is 1090. The number of rotatable bonds is 7. The molecule has 146 valence electrons. The monoisotopic (exact) mass is 403 g/mol. The van der Waals surface area contributed by atoms with Gasteiger partial charge in [-0.15, -0.1) is 11.3 Å². The number of amides is 1. The van der Waals surface area contributed by atoms with Crippen molar-refractivity contribution in [2.75, 3.05) is 13.7 Å². The van der Waals surface area contributed by atoms with Gasteiger partial charge in [-0.1, -0.05) is 36.4 Å². The van der Waals surface area contributed by atoms with Crippen molar-refractivity contribution in [3.63, 3.8) is 0 Å². The Balaban J connectivity index is 1.53. The van der Waals surface area contributed by atoms with Gasteiger partial charge in [0.05, 0.1) is 23.2 Å². The zero-order chi connectivity index (χ0) is 20.1. The van der Waals surface area contributed by atoms with Crippen molar-refractivity contribution >= 4 is 17.2 Å². The highest BCUT2D eigenvalue weighted by Crippen LogP contribution is 2.27. The number of aromatic nitrogens is 2. The smallest absolute Gasteiger partial charge is 0.255 e. The highest BCUT2D eigenvalue weighted by molar-refractivity contribution is 7.13. The van der Waals surface area contributed by atoms with E-state index >= 15 is 0 Å². The van der Waals surface area contributed by atoms with Gasteiger partial charge in [-0.2, -0.15) is 5.10 Å². The number of nitrogens with one attached hydrogen (secondary N) is 1. The molecular weight excluding hydrogens is 382 g/mol. The normalized spacial score (nSPS) is 10.7. The molecule has 29 heavy (non-hydrogen) atoms. The summed E-state index contributed by atoms with van der Waals surface area (Å²) in [6, 6.07) is 21.6. The van der Waals surface area contributed by atoms with Crippen LogP contribution in [0.25, 0.3) is 16.3 Å². The predicted molar refractivity (Wildman–Crippen MR) is 116 cm³/mol. The number of hydrogen-bond acceptors (Lipinski definition) is 4. The molecule has 5 nitrogen and oxygen atoms in total. The van der Waals surface area contributed by atoms with Crippen molar-refractivity contribution in [3.05, 3.63) is 89.4 Å². The highest BCUT2D eigenvalue weighted by Gasteiger charge is 2.19.